The summed E-state index contributed by atoms with van der Waals surface area (Å²) >= 11 is 19.9. The molecule has 1 aromatic heterocycles. The summed E-state index contributed by atoms with van der Waals surface area (Å²) in [5, 5.41) is 14.1. The molecule has 1 saturated heterocycles. The molecule has 0 radical (unpaired) electrons. The molecule has 9 heteroatoms. The van der Waals surface area contributed by atoms with Gasteiger partial charge in [-0.25, -0.2) is 0 Å². The summed E-state index contributed by atoms with van der Waals surface area (Å²) in [6.45, 7) is 0.208. The summed E-state index contributed by atoms with van der Waals surface area (Å²) < 4.78 is 5.33. The molecule has 5 nitrogen and oxygen atoms in total. The van der Waals surface area contributed by atoms with Crippen molar-refractivity contribution in [2.45, 2.75) is 12.6 Å². The van der Waals surface area contributed by atoms with Crippen molar-refractivity contribution in [3.05, 3.63) is 90.6 Å². The van der Waals surface area contributed by atoms with Crippen LogP contribution in [0.4, 0.5) is 0 Å². The molecule has 2 aromatic carbocycles. The summed E-state index contributed by atoms with van der Waals surface area (Å²) in [6, 6.07) is 12.6. The van der Waals surface area contributed by atoms with Crippen molar-refractivity contribution in [1.29, 1.82) is 0 Å². The van der Waals surface area contributed by atoms with Crippen LogP contribution in [-0.2, 0) is 16.1 Å². The highest BCUT2D eigenvalue weighted by Crippen LogP contribution is 2.44. The van der Waals surface area contributed by atoms with Crippen molar-refractivity contribution in [2.24, 2.45) is 0 Å². The van der Waals surface area contributed by atoms with E-state index >= 15 is 0 Å². The van der Waals surface area contributed by atoms with Gasteiger partial charge in [0.25, 0.3) is 11.7 Å². The van der Waals surface area contributed by atoms with Crippen LogP contribution < -0.4 is 4.74 Å². The number of halogens is 3. The van der Waals surface area contributed by atoms with Crippen LogP contribution in [0.3, 0.4) is 0 Å². The third-order valence-electron chi connectivity index (χ3n) is 5.10. The van der Waals surface area contributed by atoms with E-state index in [0.717, 1.165) is 4.88 Å². The largest absolute Gasteiger partial charge is 0.507 e. The molecule has 32 heavy (non-hydrogen) atoms. The minimum absolute atomic E-state index is 0.0782. The number of aliphatic hydroxyl groups is 1. The molecule has 2 heterocycles. The molecule has 0 spiro atoms. The van der Waals surface area contributed by atoms with Crippen molar-refractivity contribution >= 4 is 63.6 Å². The van der Waals surface area contributed by atoms with E-state index in [2.05, 4.69) is 0 Å². The Balaban J connectivity index is 1.93. The number of hydrogen-bond acceptors (Lipinski definition) is 5. The van der Waals surface area contributed by atoms with Crippen LogP contribution in [0.2, 0.25) is 15.1 Å². The lowest BCUT2D eigenvalue weighted by atomic mass is 9.95. The van der Waals surface area contributed by atoms with Crippen LogP contribution >= 0.6 is 46.1 Å². The normalized spacial score (nSPS) is 17.8. The van der Waals surface area contributed by atoms with Gasteiger partial charge in [0.15, 0.2) is 0 Å². The lowest BCUT2D eigenvalue weighted by molar-refractivity contribution is -0.140. The third-order valence-corrected chi connectivity index (χ3v) is 6.71. The molecule has 0 bridgehead atoms. The Bertz CT molecular complexity index is 1220. The van der Waals surface area contributed by atoms with Gasteiger partial charge in [0.1, 0.15) is 11.5 Å². The molecule has 1 aliphatic rings. The van der Waals surface area contributed by atoms with Crippen LogP contribution in [0.25, 0.3) is 5.76 Å². The van der Waals surface area contributed by atoms with E-state index in [4.69, 9.17) is 39.5 Å². The number of aliphatic hydroxyl groups excluding tert-OH is 1. The molecule has 4 rings (SSSR count). The van der Waals surface area contributed by atoms with Gasteiger partial charge in [-0.3, -0.25) is 9.59 Å². The van der Waals surface area contributed by atoms with Gasteiger partial charge in [-0.15, -0.1) is 11.3 Å². The molecule has 3 aromatic rings. The van der Waals surface area contributed by atoms with Crippen LogP contribution in [0.15, 0.2) is 59.5 Å². The zero-order valence-electron chi connectivity index (χ0n) is 16.6. The number of rotatable bonds is 5. The number of benzene rings is 2. The van der Waals surface area contributed by atoms with E-state index < -0.39 is 23.5 Å². The van der Waals surface area contributed by atoms with E-state index in [1.165, 1.54) is 35.5 Å². The summed E-state index contributed by atoms with van der Waals surface area (Å²) in [6.07, 6.45) is 0. The first-order chi connectivity index (χ1) is 15.3. The Kier molecular flexibility index (Phi) is 6.49. The number of ether oxygens (including phenoxy) is 1. The van der Waals surface area contributed by atoms with Gasteiger partial charge in [0, 0.05) is 14.9 Å². The predicted molar refractivity (Wildman–Crippen MR) is 127 cm³/mol. The average molecular weight is 509 g/mol. The van der Waals surface area contributed by atoms with Gasteiger partial charge in [-0.05, 0) is 41.3 Å². The second-order valence-electron chi connectivity index (χ2n) is 7.03. The van der Waals surface area contributed by atoms with E-state index in [1.807, 2.05) is 17.5 Å². The molecule has 1 N–H and O–H groups in total. The fourth-order valence-electron chi connectivity index (χ4n) is 3.69. The Hall–Kier alpha value is -2.51. The number of likely N-dealkylation sites (tertiary alicyclic amines) is 1. The van der Waals surface area contributed by atoms with Gasteiger partial charge < -0.3 is 14.7 Å². The zero-order chi connectivity index (χ0) is 23.0. The van der Waals surface area contributed by atoms with E-state index in [0.29, 0.717) is 10.6 Å². The van der Waals surface area contributed by atoms with Gasteiger partial charge in [0.2, 0.25) is 0 Å². The molecule has 1 fully saturated rings. The van der Waals surface area contributed by atoms with Crippen LogP contribution in [-0.4, -0.2) is 28.8 Å². The summed E-state index contributed by atoms with van der Waals surface area (Å²) in [7, 11) is 1.39. The fourth-order valence-corrected chi connectivity index (χ4v) is 5.09. The minimum atomic E-state index is -0.836. The molecule has 1 unspecified atom stereocenters. The number of hydrogen-bond donors (Lipinski definition) is 1. The maximum atomic E-state index is 13.1. The van der Waals surface area contributed by atoms with Gasteiger partial charge in [-0.2, -0.15) is 0 Å². The highest BCUT2D eigenvalue weighted by molar-refractivity contribution is 7.09. The Morgan fingerprint density at radius 2 is 1.81 bits per heavy atom. The number of methoxy groups -OCH3 is 1. The standard InChI is InChI=1S/C23H16Cl3NO4S/c1-31-22-16(9-14(25)10-17(22)26)20(28)18-19(12-4-6-13(24)7-5-12)27(23(30)21(18)29)11-15-3-2-8-32-15/h2-10,19,28H,11H2,1H3/b20-18+. The molecular formula is C23H16Cl3NO4S. The van der Waals surface area contributed by atoms with E-state index in [-0.39, 0.29) is 33.5 Å². The van der Waals surface area contributed by atoms with Crippen molar-refractivity contribution in [2.75, 3.05) is 7.11 Å². The maximum absolute atomic E-state index is 13.1. The lowest BCUT2D eigenvalue weighted by Gasteiger charge is -2.25. The van der Waals surface area contributed by atoms with Crippen LogP contribution in [0, 0.1) is 0 Å². The smallest absolute Gasteiger partial charge is 0.295 e. The number of ketones is 1. The Labute approximate surface area is 203 Å². The molecular weight excluding hydrogens is 493 g/mol. The highest BCUT2D eigenvalue weighted by Gasteiger charge is 2.46. The third kappa shape index (κ3) is 4.11. The van der Waals surface area contributed by atoms with Crippen molar-refractivity contribution in [3.8, 4) is 5.75 Å². The Morgan fingerprint density at radius 3 is 2.44 bits per heavy atom. The molecule has 0 aliphatic carbocycles. The molecule has 1 atom stereocenters. The second-order valence-corrected chi connectivity index (χ2v) is 9.34. The first kappa shape index (κ1) is 22.7. The van der Waals surface area contributed by atoms with Gasteiger partial charge >= 0.3 is 0 Å². The number of Topliss-reactive ketones (excluding diaryl/α,β-unsaturated/α-hetero) is 1. The van der Waals surface area contributed by atoms with Gasteiger partial charge in [-0.1, -0.05) is 53.0 Å². The minimum Gasteiger partial charge on any atom is -0.507 e. The summed E-state index contributed by atoms with van der Waals surface area (Å²) in [5.74, 6) is -1.80. The lowest BCUT2D eigenvalue weighted by Crippen LogP contribution is -2.28. The first-order valence-electron chi connectivity index (χ1n) is 9.41. The zero-order valence-corrected chi connectivity index (χ0v) is 19.7. The molecule has 164 valence electrons. The number of thiophene rings is 1. The quantitative estimate of drug-likeness (QED) is 0.248. The molecule has 1 aliphatic heterocycles. The second kappa shape index (κ2) is 9.16. The average Bonchev–Trinajstić information content (AvgIpc) is 3.36. The monoisotopic (exact) mass is 507 g/mol. The van der Waals surface area contributed by atoms with E-state index in [1.54, 1.807) is 24.3 Å². The van der Waals surface area contributed by atoms with Crippen LogP contribution in [0.5, 0.6) is 5.75 Å². The number of amides is 1. The van der Waals surface area contributed by atoms with Crippen molar-refractivity contribution in [1.82, 2.24) is 4.90 Å². The highest BCUT2D eigenvalue weighted by atomic mass is 35.5. The molecule has 0 saturated carbocycles. The van der Waals surface area contributed by atoms with E-state index in [9.17, 15) is 14.7 Å². The first-order valence-corrected chi connectivity index (χ1v) is 11.4. The summed E-state index contributed by atoms with van der Waals surface area (Å²) in [4.78, 5) is 28.5. The number of carbonyl (C=O) groups excluding carboxylic acids is 2. The summed E-state index contributed by atoms with van der Waals surface area (Å²) in [5.41, 5.74) is 0.669. The van der Waals surface area contributed by atoms with Crippen LogP contribution in [0.1, 0.15) is 22.0 Å². The topological polar surface area (TPSA) is 66.8 Å². The Morgan fingerprint density at radius 1 is 1.09 bits per heavy atom. The predicted octanol–water partition coefficient (Wildman–Crippen LogP) is 6.34. The molecule has 1 amide bonds. The van der Waals surface area contributed by atoms with Crippen molar-refractivity contribution < 1.29 is 19.4 Å². The maximum Gasteiger partial charge on any atom is 0.295 e. The van der Waals surface area contributed by atoms with Crippen molar-refractivity contribution in [3.63, 3.8) is 0 Å². The number of nitrogens with zero attached hydrogens (tertiary/aromatic N) is 1. The fraction of sp³-hybridized carbons (Fsp3) is 0.130. The SMILES string of the molecule is COc1c(Cl)cc(Cl)cc1/C(O)=C1\C(=O)C(=O)N(Cc2cccs2)C1c1ccc(Cl)cc1. The van der Waals surface area contributed by atoms with Gasteiger partial charge in [0.05, 0.1) is 35.9 Å². The number of carbonyl (C=O) groups is 2.